The number of hydrogen-bond donors (Lipinski definition) is 3. The minimum atomic E-state index is -3.59. The van der Waals surface area contributed by atoms with E-state index < -0.39 is 10.0 Å². The van der Waals surface area contributed by atoms with Crippen LogP contribution < -0.4 is 16.0 Å². The first kappa shape index (κ1) is 16.5. The summed E-state index contributed by atoms with van der Waals surface area (Å²) in [5, 5.41) is 0.173. The topological polar surface area (TPSA) is 97.1 Å². The van der Waals surface area contributed by atoms with Crippen molar-refractivity contribution in [2.24, 2.45) is 17.7 Å². The number of hydrogen-bond acceptors (Lipinski definition) is 5. The highest BCUT2D eigenvalue weighted by atomic mass is 35.5. The summed E-state index contributed by atoms with van der Waals surface area (Å²) in [6.45, 7) is 2.70. The van der Waals surface area contributed by atoms with E-state index in [-0.39, 0.29) is 15.7 Å². The number of rotatable bonds is 5. The molecule has 1 heterocycles. The van der Waals surface area contributed by atoms with Crippen molar-refractivity contribution in [3.05, 3.63) is 17.3 Å². The van der Waals surface area contributed by atoms with Crippen LogP contribution in [0.4, 0.5) is 5.82 Å². The van der Waals surface area contributed by atoms with Crippen molar-refractivity contribution in [1.82, 2.24) is 9.71 Å². The van der Waals surface area contributed by atoms with E-state index in [2.05, 4.69) is 22.1 Å². The normalized spacial score (nSPS) is 23.0. The Labute approximate surface area is 130 Å². The zero-order chi connectivity index (χ0) is 15.5. The molecule has 1 aromatic rings. The quantitative estimate of drug-likeness (QED) is 0.567. The summed E-state index contributed by atoms with van der Waals surface area (Å²) in [4.78, 5) is 3.93. The minimum Gasteiger partial charge on any atom is -0.307 e. The second-order valence-corrected chi connectivity index (χ2v) is 7.80. The van der Waals surface area contributed by atoms with Crippen LogP contribution in [0.5, 0.6) is 0 Å². The first-order valence-corrected chi connectivity index (χ1v) is 8.90. The van der Waals surface area contributed by atoms with Crippen LogP contribution in [0.3, 0.4) is 0 Å². The Hall–Kier alpha value is -0.890. The van der Waals surface area contributed by atoms with Crippen LogP contribution in [0.2, 0.25) is 5.02 Å². The van der Waals surface area contributed by atoms with Gasteiger partial charge in [-0.3, -0.25) is 0 Å². The van der Waals surface area contributed by atoms with Crippen molar-refractivity contribution in [2.45, 2.75) is 37.5 Å². The second-order valence-electron chi connectivity index (χ2n) is 5.62. The predicted octanol–water partition coefficient (Wildman–Crippen LogP) is 2.13. The molecule has 1 saturated carbocycles. The van der Waals surface area contributed by atoms with E-state index in [9.17, 15) is 8.42 Å². The molecule has 0 amide bonds. The van der Waals surface area contributed by atoms with Crippen molar-refractivity contribution >= 4 is 27.4 Å². The largest absolute Gasteiger partial charge is 0.307 e. The molecule has 0 spiro atoms. The van der Waals surface area contributed by atoms with Crippen LogP contribution in [0, 0.1) is 11.8 Å². The van der Waals surface area contributed by atoms with Crippen LogP contribution in [0.15, 0.2) is 17.2 Å². The number of sulfonamides is 1. The minimum absolute atomic E-state index is 0.0516. The first-order chi connectivity index (χ1) is 9.92. The van der Waals surface area contributed by atoms with Crippen molar-refractivity contribution < 1.29 is 8.42 Å². The number of nitrogens with zero attached hydrogens (tertiary/aromatic N) is 1. The Kier molecular flexibility index (Phi) is 5.43. The fourth-order valence-electron chi connectivity index (χ4n) is 2.52. The lowest BCUT2D eigenvalue weighted by molar-refractivity contribution is 0.290. The lowest BCUT2D eigenvalue weighted by Crippen LogP contribution is -2.31. The SMILES string of the molecule is CC1CCC(CNS(=O)(=O)c2cnc(NN)c(Cl)c2)CC1. The van der Waals surface area contributed by atoms with Gasteiger partial charge in [-0.05, 0) is 30.7 Å². The molecule has 1 aliphatic rings. The average molecular weight is 333 g/mol. The highest BCUT2D eigenvalue weighted by molar-refractivity contribution is 7.89. The zero-order valence-corrected chi connectivity index (χ0v) is 13.5. The summed E-state index contributed by atoms with van der Waals surface area (Å²) < 4.78 is 27.1. The van der Waals surface area contributed by atoms with Crippen molar-refractivity contribution in [3.63, 3.8) is 0 Å². The van der Waals surface area contributed by atoms with Gasteiger partial charge in [-0.2, -0.15) is 0 Å². The molecule has 118 valence electrons. The number of nitrogens with two attached hydrogens (primary N) is 1. The van der Waals surface area contributed by atoms with E-state index in [4.69, 9.17) is 17.4 Å². The summed E-state index contributed by atoms with van der Waals surface area (Å²) in [5.41, 5.74) is 2.30. The number of aromatic nitrogens is 1. The van der Waals surface area contributed by atoms with Crippen molar-refractivity contribution in [2.75, 3.05) is 12.0 Å². The number of nitrogen functional groups attached to an aromatic ring is 1. The van der Waals surface area contributed by atoms with Gasteiger partial charge >= 0.3 is 0 Å². The van der Waals surface area contributed by atoms with E-state index in [1.54, 1.807) is 0 Å². The Bertz CT molecular complexity index is 586. The maximum absolute atomic E-state index is 12.2. The zero-order valence-electron chi connectivity index (χ0n) is 12.0. The van der Waals surface area contributed by atoms with Gasteiger partial charge in [0.1, 0.15) is 4.90 Å². The molecular formula is C13H21ClN4O2S. The average Bonchev–Trinajstić information content (AvgIpc) is 2.46. The third-order valence-corrected chi connectivity index (χ3v) is 5.64. The molecule has 6 nitrogen and oxygen atoms in total. The molecule has 0 aromatic carbocycles. The number of hydrazine groups is 1. The molecule has 1 aromatic heterocycles. The van der Waals surface area contributed by atoms with E-state index in [1.165, 1.54) is 12.3 Å². The van der Waals surface area contributed by atoms with Crippen molar-refractivity contribution in [1.29, 1.82) is 0 Å². The molecule has 0 bridgehead atoms. The van der Waals surface area contributed by atoms with E-state index in [0.29, 0.717) is 12.5 Å². The molecule has 2 rings (SSSR count). The van der Waals surface area contributed by atoms with Gasteiger partial charge in [-0.1, -0.05) is 31.4 Å². The Morgan fingerprint density at radius 3 is 2.62 bits per heavy atom. The van der Waals surface area contributed by atoms with Crippen LogP contribution in [0.1, 0.15) is 32.6 Å². The molecule has 1 aliphatic carbocycles. The maximum atomic E-state index is 12.2. The lowest BCUT2D eigenvalue weighted by Gasteiger charge is -2.26. The highest BCUT2D eigenvalue weighted by Crippen LogP contribution is 2.28. The summed E-state index contributed by atoms with van der Waals surface area (Å²) in [6, 6.07) is 1.34. The molecule has 21 heavy (non-hydrogen) atoms. The summed E-state index contributed by atoms with van der Waals surface area (Å²) in [7, 11) is -3.59. The van der Waals surface area contributed by atoms with Gasteiger partial charge in [0.25, 0.3) is 0 Å². The molecule has 4 N–H and O–H groups in total. The molecule has 0 radical (unpaired) electrons. The Morgan fingerprint density at radius 2 is 2.05 bits per heavy atom. The van der Waals surface area contributed by atoms with Crippen LogP contribution in [0.25, 0.3) is 0 Å². The smallest absolute Gasteiger partial charge is 0.242 e. The summed E-state index contributed by atoms with van der Waals surface area (Å²) in [6.07, 6.45) is 5.71. The van der Waals surface area contributed by atoms with E-state index >= 15 is 0 Å². The fourth-order valence-corrected chi connectivity index (χ4v) is 3.89. The maximum Gasteiger partial charge on any atom is 0.242 e. The summed E-state index contributed by atoms with van der Waals surface area (Å²) in [5.74, 6) is 6.62. The van der Waals surface area contributed by atoms with Crippen LogP contribution in [-0.4, -0.2) is 19.9 Å². The Balaban J connectivity index is 2.00. The van der Waals surface area contributed by atoms with Gasteiger partial charge in [0.2, 0.25) is 10.0 Å². The van der Waals surface area contributed by atoms with E-state index in [1.807, 2.05) is 0 Å². The van der Waals surface area contributed by atoms with Crippen molar-refractivity contribution in [3.8, 4) is 0 Å². The van der Waals surface area contributed by atoms with Gasteiger partial charge in [0.05, 0.1) is 5.02 Å². The number of halogens is 1. The molecule has 1 fully saturated rings. The van der Waals surface area contributed by atoms with E-state index in [0.717, 1.165) is 31.6 Å². The van der Waals surface area contributed by atoms with Gasteiger partial charge < -0.3 is 5.43 Å². The highest BCUT2D eigenvalue weighted by Gasteiger charge is 2.22. The standard InChI is InChI=1S/C13H21ClN4O2S/c1-9-2-4-10(5-3-9)7-17-21(19,20)11-6-12(14)13(18-15)16-8-11/h6,8-10,17H,2-5,7,15H2,1H3,(H,16,18). The number of nitrogens with one attached hydrogen (secondary N) is 2. The van der Waals surface area contributed by atoms with Gasteiger partial charge in [-0.25, -0.2) is 24.0 Å². The summed E-state index contributed by atoms with van der Waals surface area (Å²) >= 11 is 5.90. The molecule has 0 atom stereocenters. The first-order valence-electron chi connectivity index (χ1n) is 7.04. The predicted molar refractivity (Wildman–Crippen MR) is 83.4 cm³/mol. The van der Waals surface area contributed by atoms with Gasteiger partial charge in [0.15, 0.2) is 5.82 Å². The van der Waals surface area contributed by atoms with Gasteiger partial charge in [0, 0.05) is 12.7 Å². The molecule has 0 unspecified atom stereocenters. The number of pyridine rings is 1. The molecule has 0 aliphatic heterocycles. The lowest BCUT2D eigenvalue weighted by atomic mass is 9.83. The molecular weight excluding hydrogens is 312 g/mol. The molecule has 0 saturated heterocycles. The third kappa shape index (κ3) is 4.29. The third-order valence-electron chi connectivity index (χ3n) is 3.96. The monoisotopic (exact) mass is 332 g/mol. The van der Waals surface area contributed by atoms with Crippen LogP contribution >= 0.6 is 11.6 Å². The molecule has 8 heteroatoms. The number of anilines is 1. The fraction of sp³-hybridized carbons (Fsp3) is 0.615. The second kappa shape index (κ2) is 6.91. The Morgan fingerprint density at radius 1 is 1.38 bits per heavy atom. The van der Waals surface area contributed by atoms with Gasteiger partial charge in [-0.15, -0.1) is 0 Å². The van der Waals surface area contributed by atoms with Crippen LogP contribution in [-0.2, 0) is 10.0 Å².